The van der Waals surface area contributed by atoms with Crippen molar-refractivity contribution < 1.29 is 22.8 Å². The second-order valence-corrected chi connectivity index (χ2v) is 5.75. The van der Waals surface area contributed by atoms with Gasteiger partial charge in [0.15, 0.2) is 0 Å². The van der Waals surface area contributed by atoms with E-state index in [1.807, 2.05) is 30.3 Å². The molecule has 2 atom stereocenters. The molecule has 1 aliphatic heterocycles. The first-order chi connectivity index (χ1) is 10.8. The standard InChI is InChI=1S/C16H19F3N2O2/c1-11(10-12-6-3-2-4-7-12)20-14(22)13-8-5-9-21(13)15(23)16(17,18)19/h2-4,6-7,11,13H,5,8-10H2,1H3,(H,20,22)/t11-,13+/m1/s1. The van der Waals surface area contributed by atoms with Crippen molar-refractivity contribution in [3.05, 3.63) is 35.9 Å². The Morgan fingerprint density at radius 2 is 1.96 bits per heavy atom. The minimum atomic E-state index is -4.95. The van der Waals surface area contributed by atoms with Crippen LogP contribution in [0.3, 0.4) is 0 Å². The summed E-state index contributed by atoms with van der Waals surface area (Å²) in [6, 6.07) is 8.20. The summed E-state index contributed by atoms with van der Waals surface area (Å²) in [5.74, 6) is -2.46. The third-order valence-electron chi connectivity index (χ3n) is 3.83. The Morgan fingerprint density at radius 1 is 1.30 bits per heavy atom. The number of carbonyl (C=O) groups is 2. The number of likely N-dealkylation sites (tertiary alicyclic amines) is 1. The molecule has 0 radical (unpaired) electrons. The van der Waals surface area contributed by atoms with E-state index in [-0.39, 0.29) is 19.0 Å². The highest BCUT2D eigenvalue weighted by atomic mass is 19.4. The van der Waals surface area contributed by atoms with Gasteiger partial charge in [-0.05, 0) is 31.7 Å². The molecular formula is C16H19F3N2O2. The van der Waals surface area contributed by atoms with E-state index < -0.39 is 24.0 Å². The van der Waals surface area contributed by atoms with Crippen LogP contribution in [0, 0.1) is 0 Å². The third kappa shape index (κ3) is 4.46. The minimum Gasteiger partial charge on any atom is -0.352 e. The van der Waals surface area contributed by atoms with Crippen molar-refractivity contribution in [3.63, 3.8) is 0 Å². The molecule has 126 valence electrons. The summed E-state index contributed by atoms with van der Waals surface area (Å²) in [5.41, 5.74) is 1.02. The third-order valence-corrected chi connectivity index (χ3v) is 3.83. The van der Waals surface area contributed by atoms with Gasteiger partial charge >= 0.3 is 12.1 Å². The maximum atomic E-state index is 12.6. The number of nitrogens with one attached hydrogen (secondary N) is 1. The summed E-state index contributed by atoms with van der Waals surface area (Å²) < 4.78 is 37.7. The Balaban J connectivity index is 1.95. The molecule has 0 bridgehead atoms. The molecule has 2 rings (SSSR count). The topological polar surface area (TPSA) is 49.4 Å². The lowest BCUT2D eigenvalue weighted by molar-refractivity contribution is -0.186. The smallest absolute Gasteiger partial charge is 0.352 e. The van der Waals surface area contributed by atoms with Crippen LogP contribution in [0.1, 0.15) is 25.3 Å². The fourth-order valence-corrected chi connectivity index (χ4v) is 2.80. The van der Waals surface area contributed by atoms with Crippen LogP contribution in [0.25, 0.3) is 0 Å². The molecule has 1 fully saturated rings. The SMILES string of the molecule is C[C@H](Cc1ccccc1)NC(=O)[C@@H]1CCCN1C(=O)C(F)(F)F. The van der Waals surface area contributed by atoms with E-state index in [0.29, 0.717) is 17.7 Å². The number of benzene rings is 1. The highest BCUT2D eigenvalue weighted by Crippen LogP contribution is 2.25. The van der Waals surface area contributed by atoms with Gasteiger partial charge in [0.05, 0.1) is 0 Å². The van der Waals surface area contributed by atoms with E-state index in [0.717, 1.165) is 5.56 Å². The van der Waals surface area contributed by atoms with Crippen LogP contribution in [0.5, 0.6) is 0 Å². The monoisotopic (exact) mass is 328 g/mol. The number of carbonyl (C=O) groups excluding carboxylic acids is 2. The van der Waals surface area contributed by atoms with Crippen molar-refractivity contribution in [3.8, 4) is 0 Å². The molecule has 0 aliphatic carbocycles. The van der Waals surface area contributed by atoms with E-state index in [1.165, 1.54) is 0 Å². The van der Waals surface area contributed by atoms with Gasteiger partial charge in [0.2, 0.25) is 5.91 Å². The van der Waals surface area contributed by atoms with Gasteiger partial charge in [0.25, 0.3) is 0 Å². The quantitative estimate of drug-likeness (QED) is 0.922. The first-order valence-electron chi connectivity index (χ1n) is 7.51. The average molecular weight is 328 g/mol. The molecule has 4 nitrogen and oxygen atoms in total. The molecule has 1 heterocycles. The van der Waals surface area contributed by atoms with Gasteiger partial charge in [-0.15, -0.1) is 0 Å². The molecule has 1 aromatic carbocycles. The largest absolute Gasteiger partial charge is 0.471 e. The van der Waals surface area contributed by atoms with E-state index in [9.17, 15) is 22.8 Å². The maximum Gasteiger partial charge on any atom is 0.471 e. The molecule has 1 saturated heterocycles. The normalized spacial score (nSPS) is 19.5. The zero-order valence-electron chi connectivity index (χ0n) is 12.8. The summed E-state index contributed by atoms with van der Waals surface area (Å²) in [6.07, 6.45) is -3.72. The molecule has 0 aromatic heterocycles. The summed E-state index contributed by atoms with van der Waals surface area (Å²) in [7, 11) is 0. The molecule has 0 unspecified atom stereocenters. The lowest BCUT2D eigenvalue weighted by atomic mass is 10.1. The second kappa shape index (κ2) is 7.02. The Morgan fingerprint density at radius 3 is 2.57 bits per heavy atom. The second-order valence-electron chi connectivity index (χ2n) is 5.75. The van der Waals surface area contributed by atoms with Crippen molar-refractivity contribution in [2.45, 2.75) is 44.4 Å². The fraction of sp³-hybridized carbons (Fsp3) is 0.500. The first-order valence-corrected chi connectivity index (χ1v) is 7.51. The van der Waals surface area contributed by atoms with Crippen LogP contribution < -0.4 is 5.32 Å². The predicted molar refractivity (Wildman–Crippen MR) is 78.5 cm³/mol. The average Bonchev–Trinajstić information content (AvgIpc) is 2.95. The van der Waals surface area contributed by atoms with Gasteiger partial charge in [-0.1, -0.05) is 30.3 Å². The molecule has 1 aliphatic rings. The zero-order chi connectivity index (χ0) is 17.0. The molecule has 0 saturated carbocycles. The Bertz CT molecular complexity index is 560. The van der Waals surface area contributed by atoms with Crippen LogP contribution in [-0.4, -0.2) is 41.5 Å². The first kappa shape index (κ1) is 17.3. The molecule has 23 heavy (non-hydrogen) atoms. The van der Waals surface area contributed by atoms with Crippen molar-refractivity contribution in [2.24, 2.45) is 0 Å². The minimum absolute atomic E-state index is 0.0382. The fourth-order valence-electron chi connectivity index (χ4n) is 2.80. The van der Waals surface area contributed by atoms with Gasteiger partial charge < -0.3 is 10.2 Å². The Kier molecular flexibility index (Phi) is 5.28. The Labute approximate surface area is 132 Å². The number of rotatable bonds is 4. The summed E-state index contributed by atoms with van der Waals surface area (Å²) in [6.45, 7) is 1.75. The number of hydrogen-bond acceptors (Lipinski definition) is 2. The number of amides is 2. The molecule has 1 aromatic rings. The highest BCUT2D eigenvalue weighted by molar-refractivity contribution is 5.90. The van der Waals surface area contributed by atoms with Crippen LogP contribution in [0.4, 0.5) is 13.2 Å². The van der Waals surface area contributed by atoms with Crippen molar-refractivity contribution in [1.82, 2.24) is 10.2 Å². The molecule has 1 N–H and O–H groups in total. The van der Waals surface area contributed by atoms with E-state index in [4.69, 9.17) is 0 Å². The number of alkyl halides is 3. The van der Waals surface area contributed by atoms with Crippen LogP contribution >= 0.6 is 0 Å². The predicted octanol–water partition coefficient (Wildman–Crippen LogP) is 2.29. The van der Waals surface area contributed by atoms with E-state index in [1.54, 1.807) is 6.92 Å². The molecule has 0 spiro atoms. The van der Waals surface area contributed by atoms with Crippen LogP contribution in [0.15, 0.2) is 30.3 Å². The van der Waals surface area contributed by atoms with Crippen molar-refractivity contribution in [2.75, 3.05) is 6.54 Å². The highest BCUT2D eigenvalue weighted by Gasteiger charge is 2.47. The lowest BCUT2D eigenvalue weighted by Gasteiger charge is -2.26. The number of halogens is 3. The van der Waals surface area contributed by atoms with Crippen molar-refractivity contribution >= 4 is 11.8 Å². The van der Waals surface area contributed by atoms with E-state index >= 15 is 0 Å². The lowest BCUT2D eigenvalue weighted by Crippen LogP contribution is -2.51. The Hall–Kier alpha value is -2.05. The summed E-state index contributed by atoms with van der Waals surface area (Å²) in [5, 5.41) is 2.71. The number of nitrogens with zero attached hydrogens (tertiary/aromatic N) is 1. The number of hydrogen-bond donors (Lipinski definition) is 1. The zero-order valence-corrected chi connectivity index (χ0v) is 12.8. The molecule has 2 amide bonds. The van der Waals surface area contributed by atoms with Gasteiger partial charge in [-0.3, -0.25) is 9.59 Å². The van der Waals surface area contributed by atoms with E-state index in [2.05, 4.69) is 5.32 Å². The summed E-state index contributed by atoms with van der Waals surface area (Å²) >= 11 is 0. The molecule has 7 heteroatoms. The van der Waals surface area contributed by atoms with Crippen LogP contribution in [-0.2, 0) is 16.0 Å². The van der Waals surface area contributed by atoms with Gasteiger partial charge in [0, 0.05) is 12.6 Å². The van der Waals surface area contributed by atoms with Gasteiger partial charge in [0.1, 0.15) is 6.04 Å². The summed E-state index contributed by atoms with van der Waals surface area (Å²) in [4.78, 5) is 24.2. The van der Waals surface area contributed by atoms with Gasteiger partial charge in [-0.2, -0.15) is 13.2 Å². The van der Waals surface area contributed by atoms with Gasteiger partial charge in [-0.25, -0.2) is 0 Å². The molecular weight excluding hydrogens is 309 g/mol. The maximum absolute atomic E-state index is 12.6. The van der Waals surface area contributed by atoms with Crippen LogP contribution in [0.2, 0.25) is 0 Å². The van der Waals surface area contributed by atoms with Crippen molar-refractivity contribution in [1.29, 1.82) is 0 Å².